The number of aromatic hydroxyl groups is 1. The van der Waals surface area contributed by atoms with Crippen LogP contribution in [0, 0.1) is 0 Å². The maximum Gasteiger partial charge on any atom is 0.124 e. The van der Waals surface area contributed by atoms with Gasteiger partial charge in [0.1, 0.15) is 5.75 Å². The van der Waals surface area contributed by atoms with Gasteiger partial charge >= 0.3 is 0 Å². The van der Waals surface area contributed by atoms with Crippen LogP contribution in [0.2, 0.25) is 0 Å². The highest BCUT2D eigenvalue weighted by Crippen LogP contribution is 2.18. The third-order valence-corrected chi connectivity index (χ3v) is 1.93. The Morgan fingerprint density at radius 3 is 2.40 bits per heavy atom. The lowest BCUT2D eigenvalue weighted by Gasteiger charge is -2.05. The van der Waals surface area contributed by atoms with Gasteiger partial charge in [0.15, 0.2) is 0 Å². The van der Waals surface area contributed by atoms with Crippen molar-refractivity contribution in [3.05, 3.63) is 29.8 Å². The first-order chi connectivity index (χ1) is 7.19. The number of benzene rings is 1. The van der Waals surface area contributed by atoms with Gasteiger partial charge in [0.2, 0.25) is 0 Å². The van der Waals surface area contributed by atoms with Crippen LogP contribution in [0.5, 0.6) is 5.75 Å². The molecule has 0 amide bonds. The second kappa shape index (κ2) is 4.99. The van der Waals surface area contributed by atoms with Crippen LogP contribution in [0.1, 0.15) is 18.9 Å². The summed E-state index contributed by atoms with van der Waals surface area (Å²) in [5, 5.41) is 32.8. The van der Waals surface area contributed by atoms with Crippen LogP contribution in [0.4, 0.5) is 0 Å². The average molecular weight is 208 g/mol. The highest BCUT2D eigenvalue weighted by atomic mass is 16.4. The van der Waals surface area contributed by atoms with Gasteiger partial charge < -0.3 is 15.5 Å². The van der Waals surface area contributed by atoms with Crippen LogP contribution < -0.4 is 0 Å². The Morgan fingerprint density at radius 1 is 1.20 bits per heavy atom. The van der Waals surface area contributed by atoms with E-state index in [2.05, 4.69) is 10.3 Å². The van der Waals surface area contributed by atoms with Gasteiger partial charge in [-0.1, -0.05) is 22.4 Å². The van der Waals surface area contributed by atoms with E-state index in [9.17, 15) is 5.11 Å². The molecule has 1 aromatic rings. The normalized spacial score (nSPS) is 12.9. The molecule has 0 bridgehead atoms. The van der Waals surface area contributed by atoms with Crippen LogP contribution in [0.3, 0.4) is 0 Å². The first-order valence-corrected chi connectivity index (χ1v) is 4.36. The summed E-state index contributed by atoms with van der Waals surface area (Å²) in [6, 6.07) is 6.49. The SMILES string of the molecule is CC(CC(=NO)c1ccccc1O)=NO. The predicted molar refractivity (Wildman–Crippen MR) is 55.9 cm³/mol. The van der Waals surface area contributed by atoms with Crippen molar-refractivity contribution in [1.29, 1.82) is 0 Å². The zero-order valence-corrected chi connectivity index (χ0v) is 8.25. The molecule has 0 aliphatic carbocycles. The summed E-state index contributed by atoms with van der Waals surface area (Å²) in [5.41, 5.74) is 1.07. The fourth-order valence-electron chi connectivity index (χ4n) is 1.18. The van der Waals surface area contributed by atoms with Gasteiger partial charge in [-0.2, -0.15) is 0 Å². The standard InChI is InChI=1S/C10H12N2O3/c1-7(11-14)6-9(12-15)8-4-2-3-5-10(8)13/h2-5,13-15H,6H2,1H3. The minimum Gasteiger partial charge on any atom is -0.507 e. The topological polar surface area (TPSA) is 85.4 Å². The molecule has 0 fully saturated rings. The van der Waals surface area contributed by atoms with Crippen molar-refractivity contribution in [1.82, 2.24) is 0 Å². The zero-order valence-electron chi connectivity index (χ0n) is 8.25. The largest absolute Gasteiger partial charge is 0.507 e. The van der Waals surface area contributed by atoms with Crippen molar-refractivity contribution in [2.24, 2.45) is 10.3 Å². The molecule has 0 aliphatic rings. The van der Waals surface area contributed by atoms with E-state index in [1.807, 2.05) is 0 Å². The van der Waals surface area contributed by atoms with Gasteiger partial charge in [-0.3, -0.25) is 0 Å². The lowest BCUT2D eigenvalue weighted by Crippen LogP contribution is -2.07. The summed E-state index contributed by atoms with van der Waals surface area (Å²) >= 11 is 0. The molecule has 0 saturated carbocycles. The monoisotopic (exact) mass is 208 g/mol. The van der Waals surface area contributed by atoms with E-state index in [-0.39, 0.29) is 17.9 Å². The molecular weight excluding hydrogens is 196 g/mol. The lowest BCUT2D eigenvalue weighted by atomic mass is 10.0. The molecule has 1 aromatic carbocycles. The molecular formula is C10H12N2O3. The number of para-hydroxylation sites is 1. The summed E-state index contributed by atoms with van der Waals surface area (Å²) in [4.78, 5) is 0. The van der Waals surface area contributed by atoms with Gasteiger partial charge in [-0.25, -0.2) is 0 Å². The van der Waals surface area contributed by atoms with E-state index < -0.39 is 0 Å². The Hall–Kier alpha value is -2.04. The number of hydrogen-bond acceptors (Lipinski definition) is 5. The predicted octanol–water partition coefficient (Wildman–Crippen LogP) is 1.81. The van der Waals surface area contributed by atoms with Crippen LogP contribution in [-0.2, 0) is 0 Å². The van der Waals surface area contributed by atoms with Crippen molar-refractivity contribution < 1.29 is 15.5 Å². The molecule has 0 saturated heterocycles. The Labute approximate surface area is 87.0 Å². The molecule has 0 heterocycles. The maximum absolute atomic E-state index is 9.50. The van der Waals surface area contributed by atoms with E-state index in [0.717, 1.165) is 0 Å². The van der Waals surface area contributed by atoms with Crippen molar-refractivity contribution in [2.75, 3.05) is 0 Å². The second-order valence-corrected chi connectivity index (χ2v) is 3.08. The van der Waals surface area contributed by atoms with E-state index in [1.54, 1.807) is 25.1 Å². The molecule has 80 valence electrons. The fourth-order valence-corrected chi connectivity index (χ4v) is 1.18. The second-order valence-electron chi connectivity index (χ2n) is 3.08. The lowest BCUT2D eigenvalue weighted by molar-refractivity contribution is 0.315. The van der Waals surface area contributed by atoms with Gasteiger partial charge in [0, 0.05) is 12.0 Å². The smallest absolute Gasteiger partial charge is 0.124 e. The van der Waals surface area contributed by atoms with E-state index in [4.69, 9.17) is 10.4 Å². The third-order valence-electron chi connectivity index (χ3n) is 1.93. The molecule has 0 radical (unpaired) electrons. The minimum atomic E-state index is 0.0241. The number of phenolic OH excluding ortho intramolecular Hbond substituents is 1. The number of rotatable bonds is 3. The quantitative estimate of drug-likeness (QED) is 0.402. The van der Waals surface area contributed by atoms with Crippen molar-refractivity contribution in [2.45, 2.75) is 13.3 Å². The minimum absolute atomic E-state index is 0.0241. The molecule has 0 atom stereocenters. The summed E-state index contributed by atoms with van der Waals surface area (Å²) < 4.78 is 0. The van der Waals surface area contributed by atoms with E-state index in [0.29, 0.717) is 11.3 Å². The molecule has 5 heteroatoms. The molecule has 0 unspecified atom stereocenters. The highest BCUT2D eigenvalue weighted by Gasteiger charge is 2.10. The molecule has 15 heavy (non-hydrogen) atoms. The zero-order chi connectivity index (χ0) is 11.3. The summed E-state index contributed by atoms with van der Waals surface area (Å²) in [6.07, 6.45) is 0.171. The molecule has 0 aliphatic heterocycles. The third kappa shape index (κ3) is 2.70. The highest BCUT2D eigenvalue weighted by molar-refractivity contribution is 6.12. The van der Waals surface area contributed by atoms with Gasteiger partial charge in [0.25, 0.3) is 0 Å². The van der Waals surface area contributed by atoms with Gasteiger partial charge in [0.05, 0.1) is 11.4 Å². The molecule has 0 spiro atoms. The average Bonchev–Trinajstić information content (AvgIpc) is 2.26. The molecule has 3 N–H and O–H groups in total. The number of phenols is 1. The Kier molecular flexibility index (Phi) is 3.68. The number of hydrogen-bond donors (Lipinski definition) is 3. The molecule has 0 aromatic heterocycles. The van der Waals surface area contributed by atoms with Gasteiger partial charge in [-0.15, -0.1) is 0 Å². The fraction of sp³-hybridized carbons (Fsp3) is 0.200. The van der Waals surface area contributed by atoms with Crippen molar-refractivity contribution >= 4 is 11.4 Å². The summed E-state index contributed by atoms with van der Waals surface area (Å²) in [7, 11) is 0. The molecule has 5 nitrogen and oxygen atoms in total. The Balaban J connectivity index is 3.00. The van der Waals surface area contributed by atoms with Crippen LogP contribution in [-0.4, -0.2) is 26.9 Å². The Bertz CT molecular complexity index is 399. The van der Waals surface area contributed by atoms with Crippen molar-refractivity contribution in [3.63, 3.8) is 0 Å². The molecule has 1 rings (SSSR count). The van der Waals surface area contributed by atoms with Crippen molar-refractivity contribution in [3.8, 4) is 5.75 Å². The van der Waals surface area contributed by atoms with Crippen LogP contribution in [0.15, 0.2) is 34.6 Å². The van der Waals surface area contributed by atoms with E-state index >= 15 is 0 Å². The van der Waals surface area contributed by atoms with Crippen LogP contribution in [0.25, 0.3) is 0 Å². The maximum atomic E-state index is 9.50. The van der Waals surface area contributed by atoms with Crippen LogP contribution >= 0.6 is 0 Å². The summed E-state index contributed by atoms with van der Waals surface area (Å²) in [6.45, 7) is 1.59. The van der Waals surface area contributed by atoms with Gasteiger partial charge in [-0.05, 0) is 19.1 Å². The van der Waals surface area contributed by atoms with E-state index in [1.165, 1.54) is 6.07 Å². The number of oxime groups is 2. The first kappa shape index (κ1) is 11.0. The first-order valence-electron chi connectivity index (χ1n) is 4.36. The Morgan fingerprint density at radius 2 is 1.87 bits per heavy atom. The number of nitrogens with zero attached hydrogens (tertiary/aromatic N) is 2. The summed E-state index contributed by atoms with van der Waals surface area (Å²) in [5.74, 6) is 0.0241.